The summed E-state index contributed by atoms with van der Waals surface area (Å²) < 4.78 is 48.9. The fraction of sp³-hybridized carbons (Fsp3) is 0.0526. The molecular formula is C38H28O8S. The normalized spacial score (nSPS) is 11.1. The molecule has 0 saturated carbocycles. The van der Waals surface area contributed by atoms with Crippen LogP contribution >= 0.6 is 0 Å². The summed E-state index contributed by atoms with van der Waals surface area (Å²) in [5.74, 6) is 2.48. The molecule has 0 aliphatic heterocycles. The van der Waals surface area contributed by atoms with Crippen LogP contribution < -0.4 is 18.9 Å². The van der Waals surface area contributed by atoms with Gasteiger partial charge in [0.2, 0.25) is 9.84 Å². The molecule has 0 aliphatic rings. The summed E-state index contributed by atoms with van der Waals surface area (Å²) in [6.07, 6.45) is 0. The molecule has 234 valence electrons. The molecule has 8 nitrogen and oxygen atoms in total. The molecule has 0 unspecified atom stereocenters. The Labute approximate surface area is 271 Å². The Bertz CT molecular complexity index is 2170. The molecule has 0 heterocycles. The second-order valence-corrected chi connectivity index (χ2v) is 12.5. The highest BCUT2D eigenvalue weighted by atomic mass is 32.2. The number of methoxy groups -OCH3 is 1. The standard InChI is InChI=1S/C38H28O8S/c1-25(39)26-3-9-30(10-4-26)44-32-15-19-36(20-16-32)47(41,42)37-21-17-33(18-22-37)45-31-11-5-27(6-12-31)38(40)46-35-14-8-28-23-34(43-2)13-7-29(28)24-35/h3-24H,1-2H3. The first-order chi connectivity index (χ1) is 22.7. The van der Waals surface area contributed by atoms with Crippen molar-refractivity contribution in [3.63, 3.8) is 0 Å². The van der Waals surface area contributed by atoms with Crippen molar-refractivity contribution in [2.75, 3.05) is 7.11 Å². The van der Waals surface area contributed by atoms with Gasteiger partial charge in [0, 0.05) is 5.56 Å². The van der Waals surface area contributed by atoms with Crippen molar-refractivity contribution in [2.24, 2.45) is 0 Å². The predicted octanol–water partition coefficient (Wildman–Crippen LogP) is 8.69. The molecule has 47 heavy (non-hydrogen) atoms. The molecule has 0 amide bonds. The van der Waals surface area contributed by atoms with Crippen molar-refractivity contribution < 1.29 is 37.0 Å². The van der Waals surface area contributed by atoms with Gasteiger partial charge in [-0.25, -0.2) is 13.2 Å². The molecular weight excluding hydrogens is 616 g/mol. The first-order valence-electron chi connectivity index (χ1n) is 14.5. The van der Waals surface area contributed by atoms with Crippen LogP contribution in [0.3, 0.4) is 0 Å². The van der Waals surface area contributed by atoms with E-state index in [9.17, 15) is 18.0 Å². The molecule has 6 aromatic rings. The zero-order chi connectivity index (χ0) is 33.0. The minimum Gasteiger partial charge on any atom is -0.497 e. The second kappa shape index (κ2) is 13.2. The van der Waals surface area contributed by atoms with Crippen molar-refractivity contribution >= 4 is 32.4 Å². The smallest absolute Gasteiger partial charge is 0.343 e. The van der Waals surface area contributed by atoms with Gasteiger partial charge in [0.05, 0.1) is 22.5 Å². The Morgan fingerprint density at radius 1 is 0.489 bits per heavy atom. The predicted molar refractivity (Wildman–Crippen MR) is 177 cm³/mol. The lowest BCUT2D eigenvalue weighted by molar-refractivity contribution is 0.0734. The molecule has 9 heteroatoms. The number of hydrogen-bond donors (Lipinski definition) is 0. The van der Waals surface area contributed by atoms with Crippen LogP contribution in [0.25, 0.3) is 10.8 Å². The zero-order valence-electron chi connectivity index (χ0n) is 25.4. The number of ether oxygens (including phenoxy) is 4. The monoisotopic (exact) mass is 644 g/mol. The molecule has 6 aromatic carbocycles. The molecule has 0 atom stereocenters. The van der Waals surface area contributed by atoms with Crippen molar-refractivity contribution in [3.05, 3.63) is 145 Å². The maximum atomic E-state index is 13.2. The summed E-state index contributed by atoms with van der Waals surface area (Å²) in [4.78, 5) is 24.4. The van der Waals surface area contributed by atoms with Gasteiger partial charge in [-0.15, -0.1) is 0 Å². The highest BCUT2D eigenvalue weighted by Crippen LogP contribution is 2.30. The average Bonchev–Trinajstić information content (AvgIpc) is 3.09. The summed E-state index contributed by atoms with van der Waals surface area (Å²) in [6, 6.07) is 36.3. The first-order valence-corrected chi connectivity index (χ1v) is 16.0. The van der Waals surface area contributed by atoms with Gasteiger partial charge < -0.3 is 18.9 Å². The highest BCUT2D eigenvalue weighted by molar-refractivity contribution is 7.91. The van der Waals surface area contributed by atoms with E-state index in [1.54, 1.807) is 92.0 Å². The van der Waals surface area contributed by atoms with E-state index < -0.39 is 15.8 Å². The molecule has 0 fully saturated rings. The number of Topliss-reactive ketones (excluding diaryl/α,β-unsaturated/α-hetero) is 1. The molecule has 0 aromatic heterocycles. The Morgan fingerprint density at radius 3 is 1.32 bits per heavy atom. The third-order valence-corrected chi connectivity index (χ3v) is 9.11. The van der Waals surface area contributed by atoms with E-state index in [2.05, 4.69) is 0 Å². The molecule has 0 aliphatic carbocycles. The van der Waals surface area contributed by atoms with Crippen molar-refractivity contribution in [2.45, 2.75) is 16.7 Å². The van der Waals surface area contributed by atoms with Crippen LogP contribution in [0.15, 0.2) is 143 Å². The fourth-order valence-corrected chi connectivity index (χ4v) is 6.02. The minimum atomic E-state index is -3.80. The van der Waals surface area contributed by atoms with Crippen molar-refractivity contribution in [3.8, 4) is 34.5 Å². The number of esters is 1. The van der Waals surface area contributed by atoms with Crippen LogP contribution in [-0.4, -0.2) is 27.3 Å². The van der Waals surface area contributed by atoms with Gasteiger partial charge in [-0.05, 0) is 139 Å². The van der Waals surface area contributed by atoms with E-state index in [0.717, 1.165) is 16.5 Å². The van der Waals surface area contributed by atoms with E-state index >= 15 is 0 Å². The summed E-state index contributed by atoms with van der Waals surface area (Å²) in [5.41, 5.74) is 0.918. The van der Waals surface area contributed by atoms with Crippen LogP contribution in [0.1, 0.15) is 27.6 Å². The zero-order valence-corrected chi connectivity index (χ0v) is 26.2. The largest absolute Gasteiger partial charge is 0.497 e. The first kappa shape index (κ1) is 31.1. The summed E-state index contributed by atoms with van der Waals surface area (Å²) in [5, 5.41) is 1.88. The minimum absolute atomic E-state index is 0.0421. The van der Waals surface area contributed by atoms with Crippen LogP contribution in [0, 0.1) is 0 Å². The van der Waals surface area contributed by atoms with E-state index in [4.69, 9.17) is 18.9 Å². The Kier molecular flexibility index (Phi) is 8.73. The summed E-state index contributed by atoms with van der Waals surface area (Å²) in [7, 11) is -2.19. The lowest BCUT2D eigenvalue weighted by Gasteiger charge is -2.10. The number of fused-ring (bicyclic) bond motifs is 1. The van der Waals surface area contributed by atoms with Gasteiger partial charge in [-0.1, -0.05) is 12.1 Å². The molecule has 6 rings (SSSR count). The fourth-order valence-electron chi connectivity index (χ4n) is 4.76. The summed E-state index contributed by atoms with van der Waals surface area (Å²) in [6.45, 7) is 1.49. The van der Waals surface area contributed by atoms with E-state index in [1.807, 2.05) is 24.3 Å². The van der Waals surface area contributed by atoms with E-state index in [0.29, 0.717) is 39.9 Å². The van der Waals surface area contributed by atoms with Gasteiger partial charge >= 0.3 is 5.97 Å². The number of benzene rings is 6. The number of carbonyl (C=O) groups excluding carboxylic acids is 2. The second-order valence-electron chi connectivity index (χ2n) is 10.5. The van der Waals surface area contributed by atoms with Crippen LogP contribution in [0.4, 0.5) is 0 Å². The number of rotatable bonds is 10. The average molecular weight is 645 g/mol. The maximum Gasteiger partial charge on any atom is 0.343 e. The lowest BCUT2D eigenvalue weighted by Crippen LogP contribution is -2.08. The van der Waals surface area contributed by atoms with Gasteiger partial charge in [0.25, 0.3) is 0 Å². The van der Waals surface area contributed by atoms with Gasteiger partial charge in [-0.3, -0.25) is 4.79 Å². The highest BCUT2D eigenvalue weighted by Gasteiger charge is 2.18. The number of ketones is 1. The molecule has 0 N–H and O–H groups in total. The maximum absolute atomic E-state index is 13.2. The SMILES string of the molecule is COc1ccc2cc(OC(=O)c3ccc(Oc4ccc(S(=O)(=O)c5ccc(Oc6ccc(C(C)=O)cc6)cc5)cc4)cc3)ccc2c1. The Balaban J connectivity index is 1.06. The lowest BCUT2D eigenvalue weighted by atomic mass is 10.1. The van der Waals surface area contributed by atoms with Crippen LogP contribution in [0.2, 0.25) is 0 Å². The topological polar surface area (TPSA) is 105 Å². The summed E-state index contributed by atoms with van der Waals surface area (Å²) >= 11 is 0. The van der Waals surface area contributed by atoms with Gasteiger partial charge in [0.1, 0.15) is 34.5 Å². The quantitative estimate of drug-likeness (QED) is 0.0829. The molecule has 0 bridgehead atoms. The molecule has 0 radical (unpaired) electrons. The molecule has 0 spiro atoms. The van der Waals surface area contributed by atoms with Crippen molar-refractivity contribution in [1.29, 1.82) is 0 Å². The van der Waals surface area contributed by atoms with Gasteiger partial charge in [0.15, 0.2) is 5.78 Å². The third kappa shape index (κ3) is 7.16. The number of hydrogen-bond acceptors (Lipinski definition) is 8. The van der Waals surface area contributed by atoms with E-state index in [-0.39, 0.29) is 15.6 Å². The van der Waals surface area contributed by atoms with Crippen LogP contribution in [-0.2, 0) is 9.84 Å². The third-order valence-electron chi connectivity index (χ3n) is 7.32. The van der Waals surface area contributed by atoms with E-state index in [1.165, 1.54) is 31.2 Å². The van der Waals surface area contributed by atoms with Crippen molar-refractivity contribution in [1.82, 2.24) is 0 Å². The molecule has 0 saturated heterocycles. The Morgan fingerprint density at radius 2 is 0.872 bits per heavy atom. The number of carbonyl (C=O) groups is 2. The Hall–Kier alpha value is -5.93. The van der Waals surface area contributed by atoms with Crippen LogP contribution in [0.5, 0.6) is 34.5 Å². The van der Waals surface area contributed by atoms with Gasteiger partial charge in [-0.2, -0.15) is 0 Å². The number of sulfone groups is 1.